The minimum atomic E-state index is 0. The van der Waals surface area contributed by atoms with E-state index in [0.29, 0.717) is 5.41 Å². The third-order valence-electron chi connectivity index (χ3n) is 3.06. The molecule has 0 radical (unpaired) electrons. The predicted molar refractivity (Wildman–Crippen MR) is 44.9 cm³/mol. The molecule has 0 aromatic heterocycles. The molecular formula is C10H15F2Hf. The van der Waals surface area contributed by atoms with Gasteiger partial charge in [0.05, 0.1) is 0 Å². The van der Waals surface area contributed by atoms with Crippen LogP contribution in [0.4, 0.5) is 0 Å². The van der Waals surface area contributed by atoms with Crippen molar-refractivity contribution in [3.05, 3.63) is 20.0 Å². The van der Waals surface area contributed by atoms with Crippen LogP contribution in [0.3, 0.4) is 0 Å². The van der Waals surface area contributed by atoms with Crippen LogP contribution in [0, 0.1) is 5.41 Å². The molecule has 1 aliphatic rings. The van der Waals surface area contributed by atoms with Crippen LogP contribution in [0.5, 0.6) is 0 Å². The van der Waals surface area contributed by atoms with Crippen LogP contribution < -0.4 is 9.41 Å². The fourth-order valence-electron chi connectivity index (χ4n) is 1.59. The number of rotatable bonds is 0. The van der Waals surface area contributed by atoms with Gasteiger partial charge in [-0.25, -0.2) is 0 Å². The molecule has 1 rings (SSSR count). The zero-order valence-corrected chi connectivity index (χ0v) is 12.3. The largest absolute Gasteiger partial charge is 1.00 e. The van der Waals surface area contributed by atoms with Gasteiger partial charge in [-0.3, -0.25) is 0 Å². The van der Waals surface area contributed by atoms with Crippen molar-refractivity contribution in [2.45, 2.75) is 34.6 Å². The van der Waals surface area contributed by atoms with E-state index in [4.69, 9.17) is 0 Å². The van der Waals surface area contributed by atoms with Crippen molar-refractivity contribution in [2.75, 3.05) is 0 Å². The minimum absolute atomic E-state index is 0. The molecule has 0 heterocycles. The van der Waals surface area contributed by atoms with Crippen molar-refractivity contribution >= 4 is 0 Å². The monoisotopic (exact) mass is 353 g/mol. The van der Waals surface area contributed by atoms with E-state index in [1.54, 1.807) is 14.5 Å². The summed E-state index contributed by atoms with van der Waals surface area (Å²) in [5.74, 6) is 0. The van der Waals surface area contributed by atoms with E-state index < -0.39 is 0 Å². The van der Waals surface area contributed by atoms with E-state index in [2.05, 4.69) is 34.6 Å². The third kappa shape index (κ3) is 2.17. The van der Waals surface area contributed by atoms with Crippen LogP contribution in [0.25, 0.3) is 0 Å². The van der Waals surface area contributed by atoms with Crippen LogP contribution in [-0.2, 0) is 24.4 Å². The maximum absolute atomic E-state index is 2.34. The molecule has 0 saturated heterocycles. The van der Waals surface area contributed by atoms with Gasteiger partial charge < -0.3 is 9.41 Å². The molecule has 0 N–H and O–H groups in total. The van der Waals surface area contributed by atoms with Gasteiger partial charge in [-0.2, -0.15) is 0 Å². The van der Waals surface area contributed by atoms with Crippen LogP contribution in [0.2, 0.25) is 0 Å². The molecule has 0 aromatic carbocycles. The molecule has 0 saturated carbocycles. The van der Waals surface area contributed by atoms with Crippen molar-refractivity contribution < 1.29 is 33.8 Å². The van der Waals surface area contributed by atoms with Crippen LogP contribution in [-0.4, -0.2) is 0 Å². The van der Waals surface area contributed by atoms with Gasteiger partial charge in [-0.1, -0.05) is 0 Å². The van der Waals surface area contributed by atoms with Crippen molar-refractivity contribution in [3.63, 3.8) is 0 Å². The first-order valence-corrected chi connectivity index (χ1v) is 5.80. The van der Waals surface area contributed by atoms with Crippen LogP contribution in [0.1, 0.15) is 34.6 Å². The summed E-state index contributed by atoms with van der Waals surface area (Å²) in [5.41, 5.74) is 5.03. The standard InChI is InChI=1S/C10H15.2FH.Hf/c1-7-6-10(4,5)9(3)8(7)2;;;/h1-5H3;2*1H;/q;;;+2/p-2. The molecule has 13 heavy (non-hydrogen) atoms. The summed E-state index contributed by atoms with van der Waals surface area (Å²) >= 11 is 1.21. The zero-order valence-electron chi connectivity index (χ0n) is 8.76. The Morgan fingerprint density at radius 3 is 1.38 bits per heavy atom. The number of hydrogen-bond acceptors (Lipinski definition) is 0. The summed E-state index contributed by atoms with van der Waals surface area (Å²) in [4.78, 5) is 0. The topological polar surface area (TPSA) is 0 Å². The van der Waals surface area contributed by atoms with Crippen molar-refractivity contribution in [3.8, 4) is 0 Å². The molecule has 0 aliphatic heterocycles. The number of allylic oxidation sites excluding steroid dienone is 4. The molecule has 73 valence electrons. The first-order chi connectivity index (χ1) is 4.89. The van der Waals surface area contributed by atoms with Crippen LogP contribution in [0.15, 0.2) is 20.0 Å². The number of hydrogen-bond donors (Lipinski definition) is 0. The first-order valence-electron chi connectivity index (χ1n) is 4.00. The van der Waals surface area contributed by atoms with E-state index in [-0.39, 0.29) is 9.41 Å². The van der Waals surface area contributed by atoms with Crippen molar-refractivity contribution in [2.24, 2.45) is 5.41 Å². The van der Waals surface area contributed by atoms with Gasteiger partial charge in [-0.05, 0) is 0 Å². The van der Waals surface area contributed by atoms with Crippen molar-refractivity contribution in [1.29, 1.82) is 0 Å². The first kappa shape index (κ1) is 15.7. The van der Waals surface area contributed by atoms with Crippen molar-refractivity contribution in [1.82, 2.24) is 0 Å². The Hall–Kier alpha value is 0.210. The maximum Gasteiger partial charge on any atom is -1.00 e. The molecule has 0 amide bonds. The summed E-state index contributed by atoms with van der Waals surface area (Å²) in [6, 6.07) is 0. The second-order valence-corrected chi connectivity index (χ2v) is 5.67. The predicted octanol–water partition coefficient (Wildman–Crippen LogP) is -2.81. The van der Waals surface area contributed by atoms with Gasteiger partial charge in [0, 0.05) is 0 Å². The summed E-state index contributed by atoms with van der Waals surface area (Å²) in [6.07, 6.45) is 0. The van der Waals surface area contributed by atoms with E-state index in [0.717, 1.165) is 0 Å². The SMILES string of the molecule is CC1=C(C)C(C)(C)[C]([Hf+2])=C1C.[F-].[F-]. The molecule has 3 heteroatoms. The fourth-order valence-corrected chi connectivity index (χ4v) is 2.94. The summed E-state index contributed by atoms with van der Waals surface area (Å²) in [5, 5.41) is 0. The molecule has 0 bridgehead atoms. The van der Waals surface area contributed by atoms with Gasteiger partial charge in [0.2, 0.25) is 0 Å². The Kier molecular flexibility index (Phi) is 5.58. The average Bonchev–Trinajstić information content (AvgIpc) is 2.06. The van der Waals surface area contributed by atoms with E-state index in [1.807, 2.05) is 0 Å². The van der Waals surface area contributed by atoms with Gasteiger partial charge in [0.1, 0.15) is 0 Å². The quantitative estimate of drug-likeness (QED) is 0.414. The molecule has 0 nitrogen and oxygen atoms in total. The Morgan fingerprint density at radius 1 is 0.923 bits per heavy atom. The Bertz CT molecular complexity index is 236. The molecule has 0 atom stereocenters. The second-order valence-electron chi connectivity index (χ2n) is 3.88. The number of halogens is 2. The summed E-state index contributed by atoms with van der Waals surface area (Å²) < 4.78 is 1.67. The third-order valence-corrected chi connectivity index (χ3v) is 6.66. The summed E-state index contributed by atoms with van der Waals surface area (Å²) in [7, 11) is 0. The Balaban J connectivity index is 0. The van der Waals surface area contributed by atoms with E-state index >= 15 is 0 Å². The zero-order chi connectivity index (χ0) is 8.81. The smallest absolute Gasteiger partial charge is 1.00 e. The molecule has 0 fully saturated rings. The van der Waals surface area contributed by atoms with Gasteiger partial charge in [0.15, 0.2) is 0 Å². The Morgan fingerprint density at radius 2 is 1.31 bits per heavy atom. The maximum atomic E-state index is 2.34. The fraction of sp³-hybridized carbons (Fsp3) is 0.600. The minimum Gasteiger partial charge on any atom is -1.00 e. The van der Waals surface area contributed by atoms with E-state index in [1.165, 1.54) is 29.9 Å². The van der Waals surface area contributed by atoms with Gasteiger partial charge in [0.25, 0.3) is 0 Å². The molecule has 0 spiro atoms. The molecule has 0 unspecified atom stereocenters. The molecular weight excluding hydrogens is 337 g/mol. The normalized spacial score (nSPS) is 19.9. The molecule has 0 aromatic rings. The van der Waals surface area contributed by atoms with E-state index in [9.17, 15) is 0 Å². The summed E-state index contributed by atoms with van der Waals surface area (Å²) in [6.45, 7) is 11.5. The van der Waals surface area contributed by atoms with Gasteiger partial charge in [-0.15, -0.1) is 0 Å². The average molecular weight is 352 g/mol. The van der Waals surface area contributed by atoms with Crippen LogP contribution >= 0.6 is 0 Å². The molecule has 1 aliphatic carbocycles. The Labute approximate surface area is 93.8 Å². The second kappa shape index (κ2) is 4.63. The van der Waals surface area contributed by atoms with Gasteiger partial charge >= 0.3 is 84.5 Å².